The molecular formula is C15H23N5O2. The Labute approximate surface area is 130 Å². The maximum absolute atomic E-state index is 12.4. The summed E-state index contributed by atoms with van der Waals surface area (Å²) in [6.45, 7) is 11.5. The van der Waals surface area contributed by atoms with Crippen LogP contribution < -0.4 is 5.32 Å². The summed E-state index contributed by atoms with van der Waals surface area (Å²) < 4.78 is 6.85. The molecule has 7 heteroatoms. The molecule has 0 radical (unpaired) electrons. The zero-order valence-electron chi connectivity index (χ0n) is 14.2. The Hall–Kier alpha value is -2.18. The molecule has 0 aromatic carbocycles. The molecule has 2 rings (SSSR count). The lowest BCUT2D eigenvalue weighted by Gasteiger charge is -2.22. The van der Waals surface area contributed by atoms with Crippen LogP contribution in [0.1, 0.15) is 62.5 Å². The second-order valence-electron chi connectivity index (χ2n) is 7.05. The van der Waals surface area contributed by atoms with Crippen molar-refractivity contribution >= 4 is 5.91 Å². The monoisotopic (exact) mass is 305 g/mol. The molecule has 0 unspecified atom stereocenters. The van der Waals surface area contributed by atoms with Crippen LogP contribution in [0, 0.1) is 6.92 Å². The van der Waals surface area contributed by atoms with Gasteiger partial charge in [0.05, 0.1) is 11.2 Å². The molecule has 22 heavy (non-hydrogen) atoms. The van der Waals surface area contributed by atoms with E-state index < -0.39 is 5.54 Å². The topological polar surface area (TPSA) is 85.8 Å². The fourth-order valence-electron chi connectivity index (χ4n) is 2.01. The lowest BCUT2D eigenvalue weighted by Crippen LogP contribution is -2.42. The van der Waals surface area contributed by atoms with Crippen molar-refractivity contribution < 1.29 is 9.32 Å². The number of carbonyl (C=O) groups excluding carboxylic acids is 1. The van der Waals surface area contributed by atoms with E-state index in [4.69, 9.17) is 4.52 Å². The van der Waals surface area contributed by atoms with E-state index in [1.807, 2.05) is 41.5 Å². The largest absolute Gasteiger partial charge is 0.339 e. The zero-order chi connectivity index (χ0) is 16.7. The fourth-order valence-corrected chi connectivity index (χ4v) is 2.01. The van der Waals surface area contributed by atoms with Crippen LogP contribution in [0.15, 0.2) is 10.6 Å². The van der Waals surface area contributed by atoms with Gasteiger partial charge in [0, 0.05) is 12.5 Å². The standard InChI is InChI=1S/C15H23N5O2/c1-9-8-10(20(7)18-9)11(21)17-15(5,6)12-16-13(22-19-12)14(2,3)4/h8H,1-7H3,(H,17,21). The molecule has 0 saturated heterocycles. The summed E-state index contributed by atoms with van der Waals surface area (Å²) in [6.07, 6.45) is 0. The van der Waals surface area contributed by atoms with Gasteiger partial charge in [-0.05, 0) is 26.8 Å². The van der Waals surface area contributed by atoms with Gasteiger partial charge in [-0.15, -0.1) is 0 Å². The molecule has 0 atom stereocenters. The van der Waals surface area contributed by atoms with E-state index in [1.165, 1.54) is 0 Å². The molecule has 0 spiro atoms. The molecule has 0 aliphatic heterocycles. The number of hydrogen-bond donors (Lipinski definition) is 1. The molecule has 0 bridgehead atoms. The van der Waals surface area contributed by atoms with Crippen molar-refractivity contribution in [1.82, 2.24) is 25.2 Å². The van der Waals surface area contributed by atoms with Crippen molar-refractivity contribution in [3.8, 4) is 0 Å². The predicted octanol–water partition coefficient (Wildman–Crippen LogP) is 2.07. The Kier molecular flexibility index (Phi) is 3.85. The van der Waals surface area contributed by atoms with Crippen molar-refractivity contribution in [2.75, 3.05) is 0 Å². The minimum Gasteiger partial charge on any atom is -0.339 e. The zero-order valence-corrected chi connectivity index (χ0v) is 14.2. The third kappa shape index (κ3) is 3.18. The summed E-state index contributed by atoms with van der Waals surface area (Å²) in [5.74, 6) is 0.765. The summed E-state index contributed by atoms with van der Waals surface area (Å²) in [5, 5.41) is 11.1. The van der Waals surface area contributed by atoms with E-state index in [2.05, 4.69) is 20.6 Å². The quantitative estimate of drug-likeness (QED) is 0.938. The Morgan fingerprint density at radius 1 is 1.27 bits per heavy atom. The lowest BCUT2D eigenvalue weighted by atomic mass is 9.97. The summed E-state index contributed by atoms with van der Waals surface area (Å²) in [7, 11) is 1.74. The maximum Gasteiger partial charge on any atom is 0.270 e. The van der Waals surface area contributed by atoms with E-state index in [0.717, 1.165) is 5.69 Å². The van der Waals surface area contributed by atoms with Gasteiger partial charge in [0.25, 0.3) is 5.91 Å². The number of nitrogens with one attached hydrogen (secondary N) is 1. The Bertz CT molecular complexity index is 691. The number of amides is 1. The molecule has 2 aromatic heterocycles. The molecule has 7 nitrogen and oxygen atoms in total. The van der Waals surface area contributed by atoms with Gasteiger partial charge in [-0.1, -0.05) is 25.9 Å². The summed E-state index contributed by atoms with van der Waals surface area (Å²) in [4.78, 5) is 16.8. The van der Waals surface area contributed by atoms with E-state index in [1.54, 1.807) is 17.8 Å². The van der Waals surface area contributed by atoms with E-state index in [9.17, 15) is 4.79 Å². The molecular weight excluding hydrogens is 282 g/mol. The van der Waals surface area contributed by atoms with E-state index in [-0.39, 0.29) is 11.3 Å². The maximum atomic E-state index is 12.4. The average molecular weight is 305 g/mol. The Balaban J connectivity index is 2.22. The first-order valence-electron chi connectivity index (χ1n) is 7.18. The van der Waals surface area contributed by atoms with Gasteiger partial charge in [0.2, 0.25) is 5.89 Å². The van der Waals surface area contributed by atoms with Crippen LogP contribution in [0.4, 0.5) is 0 Å². The second kappa shape index (κ2) is 5.23. The first kappa shape index (κ1) is 16.2. The predicted molar refractivity (Wildman–Crippen MR) is 81.4 cm³/mol. The Morgan fingerprint density at radius 2 is 1.91 bits per heavy atom. The highest BCUT2D eigenvalue weighted by molar-refractivity contribution is 5.93. The molecule has 2 aromatic rings. The molecule has 0 aliphatic rings. The van der Waals surface area contributed by atoms with Crippen LogP contribution >= 0.6 is 0 Å². The third-order valence-corrected chi connectivity index (χ3v) is 3.29. The highest BCUT2D eigenvalue weighted by atomic mass is 16.5. The van der Waals surface area contributed by atoms with Crippen molar-refractivity contribution in [3.05, 3.63) is 29.2 Å². The van der Waals surface area contributed by atoms with Crippen LogP contribution in [-0.4, -0.2) is 25.8 Å². The third-order valence-electron chi connectivity index (χ3n) is 3.29. The summed E-state index contributed by atoms with van der Waals surface area (Å²) in [5.41, 5.74) is 0.303. The van der Waals surface area contributed by atoms with Crippen LogP contribution in [-0.2, 0) is 18.0 Å². The molecule has 2 heterocycles. The van der Waals surface area contributed by atoms with Crippen molar-refractivity contribution in [1.29, 1.82) is 0 Å². The molecule has 0 fully saturated rings. The number of aromatic nitrogens is 4. The number of rotatable bonds is 3. The molecule has 120 valence electrons. The van der Waals surface area contributed by atoms with Gasteiger partial charge in [-0.25, -0.2) is 0 Å². The molecule has 1 N–H and O–H groups in total. The first-order valence-corrected chi connectivity index (χ1v) is 7.18. The molecule has 0 saturated carbocycles. The van der Waals surface area contributed by atoms with Gasteiger partial charge in [0.15, 0.2) is 5.82 Å². The first-order chi connectivity index (χ1) is 10.0. The second-order valence-corrected chi connectivity index (χ2v) is 7.05. The Morgan fingerprint density at radius 3 is 2.36 bits per heavy atom. The highest BCUT2D eigenvalue weighted by Gasteiger charge is 2.32. The SMILES string of the molecule is Cc1cc(C(=O)NC(C)(C)c2noc(C(C)(C)C)n2)n(C)n1. The van der Waals surface area contributed by atoms with Gasteiger partial charge >= 0.3 is 0 Å². The van der Waals surface area contributed by atoms with E-state index >= 15 is 0 Å². The van der Waals surface area contributed by atoms with Crippen molar-refractivity contribution in [2.45, 2.75) is 52.5 Å². The molecule has 1 amide bonds. The van der Waals surface area contributed by atoms with Crippen molar-refractivity contribution in [2.24, 2.45) is 7.05 Å². The highest BCUT2D eigenvalue weighted by Crippen LogP contribution is 2.24. The van der Waals surface area contributed by atoms with Crippen LogP contribution in [0.5, 0.6) is 0 Å². The number of nitrogens with zero attached hydrogens (tertiary/aromatic N) is 4. The van der Waals surface area contributed by atoms with Crippen LogP contribution in [0.2, 0.25) is 0 Å². The smallest absolute Gasteiger partial charge is 0.270 e. The van der Waals surface area contributed by atoms with Gasteiger partial charge in [-0.3, -0.25) is 9.48 Å². The minimum atomic E-state index is -0.748. The van der Waals surface area contributed by atoms with Crippen LogP contribution in [0.25, 0.3) is 0 Å². The van der Waals surface area contributed by atoms with Crippen molar-refractivity contribution in [3.63, 3.8) is 0 Å². The lowest BCUT2D eigenvalue weighted by molar-refractivity contribution is 0.0897. The minimum absolute atomic E-state index is 0.227. The summed E-state index contributed by atoms with van der Waals surface area (Å²) in [6, 6.07) is 1.74. The van der Waals surface area contributed by atoms with E-state index in [0.29, 0.717) is 17.4 Å². The van der Waals surface area contributed by atoms with Gasteiger partial charge in [-0.2, -0.15) is 10.1 Å². The fraction of sp³-hybridized carbons (Fsp3) is 0.600. The normalized spacial score (nSPS) is 12.5. The number of aryl methyl sites for hydroxylation is 2. The number of carbonyl (C=O) groups is 1. The van der Waals surface area contributed by atoms with Crippen LogP contribution in [0.3, 0.4) is 0 Å². The van der Waals surface area contributed by atoms with Gasteiger partial charge < -0.3 is 9.84 Å². The van der Waals surface area contributed by atoms with Gasteiger partial charge in [0.1, 0.15) is 5.69 Å². The summed E-state index contributed by atoms with van der Waals surface area (Å²) >= 11 is 0. The molecule has 0 aliphatic carbocycles. The average Bonchev–Trinajstić information content (AvgIpc) is 2.94. The number of hydrogen-bond acceptors (Lipinski definition) is 5.